The standard InChI is InChI=1S/C23H30FN3O/c1-3-17(4-2)23(28)27(19-8-6-5-7-9-19)20-12-14-26(15-13-20)22-11-10-18(25)16-21(22)24/h5-11,16-17,20H,3-4,12-15,25H2,1-2H3. The number of hydrogen-bond donors (Lipinski definition) is 1. The van der Waals surface area contributed by atoms with E-state index in [0.717, 1.165) is 31.4 Å². The molecule has 5 heteroatoms. The Kier molecular flexibility index (Phi) is 6.55. The van der Waals surface area contributed by atoms with Gasteiger partial charge in [-0.1, -0.05) is 32.0 Å². The summed E-state index contributed by atoms with van der Waals surface area (Å²) in [5.41, 5.74) is 7.64. The molecule has 0 spiro atoms. The molecule has 1 aliphatic rings. The monoisotopic (exact) mass is 383 g/mol. The molecule has 0 bridgehead atoms. The molecule has 0 atom stereocenters. The number of anilines is 3. The molecular formula is C23H30FN3O. The maximum absolute atomic E-state index is 14.3. The summed E-state index contributed by atoms with van der Waals surface area (Å²) in [6.45, 7) is 5.57. The highest BCUT2D eigenvalue weighted by atomic mass is 19.1. The predicted octanol–water partition coefficient (Wildman–Crippen LogP) is 4.85. The highest BCUT2D eigenvalue weighted by Gasteiger charge is 2.32. The van der Waals surface area contributed by atoms with Gasteiger partial charge >= 0.3 is 0 Å². The zero-order valence-corrected chi connectivity index (χ0v) is 16.8. The Morgan fingerprint density at radius 1 is 1.14 bits per heavy atom. The van der Waals surface area contributed by atoms with Crippen molar-refractivity contribution < 1.29 is 9.18 Å². The second kappa shape index (κ2) is 9.09. The van der Waals surface area contributed by atoms with E-state index in [1.807, 2.05) is 35.2 Å². The molecule has 1 heterocycles. The summed E-state index contributed by atoms with van der Waals surface area (Å²) in [4.78, 5) is 17.3. The van der Waals surface area contributed by atoms with Gasteiger partial charge in [0.25, 0.3) is 0 Å². The summed E-state index contributed by atoms with van der Waals surface area (Å²) >= 11 is 0. The molecule has 3 rings (SSSR count). The van der Waals surface area contributed by atoms with Gasteiger partial charge in [-0.05, 0) is 56.0 Å². The molecule has 1 aliphatic heterocycles. The van der Waals surface area contributed by atoms with Crippen LogP contribution in [-0.4, -0.2) is 25.0 Å². The largest absolute Gasteiger partial charge is 0.399 e. The molecule has 1 fully saturated rings. The third-order valence-electron chi connectivity index (χ3n) is 5.75. The van der Waals surface area contributed by atoms with Crippen molar-refractivity contribution in [3.63, 3.8) is 0 Å². The lowest BCUT2D eigenvalue weighted by Crippen LogP contribution is -2.49. The van der Waals surface area contributed by atoms with E-state index in [0.29, 0.717) is 24.5 Å². The number of hydrogen-bond acceptors (Lipinski definition) is 3. The Morgan fingerprint density at radius 3 is 2.36 bits per heavy atom. The van der Waals surface area contributed by atoms with Crippen LogP contribution in [0, 0.1) is 11.7 Å². The quantitative estimate of drug-likeness (QED) is 0.726. The zero-order chi connectivity index (χ0) is 20.1. The molecule has 1 saturated heterocycles. The molecule has 2 N–H and O–H groups in total. The van der Waals surface area contributed by atoms with Crippen molar-refractivity contribution in [3.8, 4) is 0 Å². The van der Waals surface area contributed by atoms with Crippen molar-refractivity contribution in [2.24, 2.45) is 5.92 Å². The van der Waals surface area contributed by atoms with Gasteiger partial charge < -0.3 is 15.5 Å². The van der Waals surface area contributed by atoms with Gasteiger partial charge in [-0.25, -0.2) is 4.39 Å². The average molecular weight is 384 g/mol. The second-order valence-corrected chi connectivity index (χ2v) is 7.49. The van der Waals surface area contributed by atoms with Crippen molar-refractivity contribution in [1.29, 1.82) is 0 Å². The van der Waals surface area contributed by atoms with Crippen LogP contribution in [-0.2, 0) is 4.79 Å². The number of benzene rings is 2. The van der Waals surface area contributed by atoms with E-state index in [1.165, 1.54) is 6.07 Å². The minimum Gasteiger partial charge on any atom is -0.399 e. The molecule has 1 amide bonds. The molecule has 0 radical (unpaired) electrons. The molecule has 0 unspecified atom stereocenters. The maximum Gasteiger partial charge on any atom is 0.230 e. The van der Waals surface area contributed by atoms with Crippen molar-refractivity contribution in [1.82, 2.24) is 0 Å². The number of nitrogens with two attached hydrogens (primary N) is 1. The van der Waals surface area contributed by atoms with E-state index in [-0.39, 0.29) is 23.7 Å². The number of nitrogen functional groups attached to an aromatic ring is 1. The topological polar surface area (TPSA) is 49.6 Å². The number of para-hydroxylation sites is 1. The van der Waals surface area contributed by atoms with Crippen molar-refractivity contribution in [2.75, 3.05) is 28.6 Å². The van der Waals surface area contributed by atoms with Gasteiger partial charge in [0.05, 0.1) is 5.69 Å². The van der Waals surface area contributed by atoms with Crippen LogP contribution in [0.3, 0.4) is 0 Å². The van der Waals surface area contributed by atoms with Crippen LogP contribution in [0.25, 0.3) is 0 Å². The average Bonchev–Trinajstić information content (AvgIpc) is 2.71. The van der Waals surface area contributed by atoms with Crippen LogP contribution in [0.1, 0.15) is 39.5 Å². The zero-order valence-electron chi connectivity index (χ0n) is 16.8. The Bertz CT molecular complexity index is 784. The Morgan fingerprint density at radius 2 is 1.79 bits per heavy atom. The van der Waals surface area contributed by atoms with Crippen molar-refractivity contribution in [3.05, 3.63) is 54.3 Å². The van der Waals surface area contributed by atoms with Crippen LogP contribution >= 0.6 is 0 Å². The molecule has 28 heavy (non-hydrogen) atoms. The van der Waals surface area contributed by atoms with Crippen LogP contribution < -0.4 is 15.5 Å². The number of carbonyl (C=O) groups is 1. The first kappa shape index (κ1) is 20.2. The van der Waals surface area contributed by atoms with Crippen molar-refractivity contribution in [2.45, 2.75) is 45.6 Å². The summed E-state index contributed by atoms with van der Waals surface area (Å²) in [5.74, 6) is -0.0486. The number of halogens is 1. The van der Waals surface area contributed by atoms with E-state index in [4.69, 9.17) is 5.73 Å². The first-order chi connectivity index (χ1) is 13.5. The van der Waals surface area contributed by atoms with E-state index < -0.39 is 0 Å². The van der Waals surface area contributed by atoms with Crippen LogP contribution in [0.4, 0.5) is 21.5 Å². The molecule has 2 aromatic rings. The summed E-state index contributed by atoms with van der Waals surface area (Å²) in [7, 11) is 0. The molecule has 0 aliphatic carbocycles. The number of amides is 1. The number of piperidine rings is 1. The molecule has 2 aromatic carbocycles. The van der Waals surface area contributed by atoms with E-state index >= 15 is 0 Å². The van der Waals surface area contributed by atoms with Gasteiger partial charge in [0, 0.05) is 36.4 Å². The normalized spacial score (nSPS) is 15.1. The Hall–Kier alpha value is -2.56. The molecule has 150 valence electrons. The smallest absolute Gasteiger partial charge is 0.230 e. The first-order valence-electron chi connectivity index (χ1n) is 10.2. The van der Waals surface area contributed by atoms with Gasteiger partial charge in [-0.2, -0.15) is 0 Å². The van der Waals surface area contributed by atoms with E-state index in [9.17, 15) is 9.18 Å². The Balaban J connectivity index is 1.78. The van der Waals surface area contributed by atoms with Crippen LogP contribution in [0.15, 0.2) is 48.5 Å². The highest BCUT2D eigenvalue weighted by Crippen LogP contribution is 2.30. The van der Waals surface area contributed by atoms with Gasteiger partial charge in [-0.3, -0.25) is 4.79 Å². The van der Waals surface area contributed by atoms with Gasteiger partial charge in [0.1, 0.15) is 5.82 Å². The number of rotatable bonds is 6. The van der Waals surface area contributed by atoms with E-state index in [1.54, 1.807) is 12.1 Å². The maximum atomic E-state index is 14.3. The second-order valence-electron chi connectivity index (χ2n) is 7.49. The molecule has 0 saturated carbocycles. The fourth-order valence-corrected chi connectivity index (χ4v) is 4.09. The van der Waals surface area contributed by atoms with Gasteiger partial charge in [-0.15, -0.1) is 0 Å². The highest BCUT2D eigenvalue weighted by molar-refractivity contribution is 5.95. The summed E-state index contributed by atoms with van der Waals surface area (Å²) in [6.07, 6.45) is 3.30. The lowest BCUT2D eigenvalue weighted by Gasteiger charge is -2.40. The summed E-state index contributed by atoms with van der Waals surface area (Å²) < 4.78 is 14.3. The van der Waals surface area contributed by atoms with Crippen LogP contribution in [0.2, 0.25) is 0 Å². The third kappa shape index (κ3) is 4.29. The van der Waals surface area contributed by atoms with Crippen molar-refractivity contribution >= 4 is 23.0 Å². The van der Waals surface area contributed by atoms with Gasteiger partial charge in [0.2, 0.25) is 5.91 Å². The lowest BCUT2D eigenvalue weighted by atomic mass is 9.96. The summed E-state index contributed by atoms with van der Waals surface area (Å²) in [5, 5.41) is 0. The minimum absolute atomic E-state index is 0.0350. The molecule has 0 aromatic heterocycles. The van der Waals surface area contributed by atoms with E-state index in [2.05, 4.69) is 18.7 Å². The fraction of sp³-hybridized carbons (Fsp3) is 0.435. The Labute approximate surface area is 167 Å². The lowest BCUT2D eigenvalue weighted by molar-refractivity contribution is -0.123. The SMILES string of the molecule is CCC(CC)C(=O)N(c1ccccc1)C1CCN(c2ccc(N)cc2F)CC1. The predicted molar refractivity (Wildman–Crippen MR) is 114 cm³/mol. The fourth-order valence-electron chi connectivity index (χ4n) is 4.09. The van der Waals surface area contributed by atoms with Gasteiger partial charge in [0.15, 0.2) is 0 Å². The number of nitrogens with zero attached hydrogens (tertiary/aromatic N) is 2. The molecule has 4 nitrogen and oxygen atoms in total. The summed E-state index contributed by atoms with van der Waals surface area (Å²) in [6, 6.07) is 14.9. The third-order valence-corrected chi connectivity index (χ3v) is 5.75. The van der Waals surface area contributed by atoms with Crippen LogP contribution in [0.5, 0.6) is 0 Å². The first-order valence-corrected chi connectivity index (χ1v) is 10.2. The number of carbonyl (C=O) groups excluding carboxylic acids is 1. The minimum atomic E-state index is -0.286. The molecular weight excluding hydrogens is 353 g/mol.